The number of aromatic hydroxyl groups is 2. The zero-order valence-electron chi connectivity index (χ0n) is 33.7. The molecule has 0 bridgehead atoms. The molecule has 0 amide bonds. The van der Waals surface area contributed by atoms with E-state index in [1.807, 2.05) is 0 Å². The van der Waals surface area contributed by atoms with Gasteiger partial charge in [-0.25, -0.2) is 25.3 Å². The number of nitrogens with two attached hydrogens (primary N) is 2. The van der Waals surface area contributed by atoms with Gasteiger partial charge in [0.15, 0.2) is 11.5 Å². The van der Waals surface area contributed by atoms with Gasteiger partial charge in [0.25, 0.3) is 0 Å². The van der Waals surface area contributed by atoms with Crippen LogP contribution in [0.2, 0.25) is 10.0 Å². The van der Waals surface area contributed by atoms with Crippen LogP contribution in [0.5, 0.6) is 11.5 Å². The van der Waals surface area contributed by atoms with E-state index in [0.717, 1.165) is 6.07 Å². The van der Waals surface area contributed by atoms with Gasteiger partial charge in [0, 0.05) is 16.1 Å². The first-order valence-electron chi connectivity index (χ1n) is 17.1. The van der Waals surface area contributed by atoms with E-state index in [4.69, 9.17) is 34.7 Å². The molecule has 0 radical (unpaired) electrons. The molecule has 0 atom stereocenters. The van der Waals surface area contributed by atoms with Crippen LogP contribution < -0.4 is 100 Å². The number of azo groups is 3. The summed E-state index contributed by atoms with van der Waals surface area (Å²) in [6, 6.07) is 23.2. The van der Waals surface area contributed by atoms with Crippen LogP contribution in [-0.2, 0) is 30.4 Å². The summed E-state index contributed by atoms with van der Waals surface area (Å²) < 4.78 is 110. The number of rotatable bonds is 10. The van der Waals surface area contributed by atoms with Crippen LogP contribution in [0.4, 0.5) is 45.5 Å². The third kappa shape index (κ3) is 11.9. The first kappa shape index (κ1) is 54.0. The van der Waals surface area contributed by atoms with Gasteiger partial charge in [0.2, 0.25) is 0 Å². The number of halogens is 2. The molecule has 0 saturated heterocycles. The van der Waals surface area contributed by atoms with E-state index in [9.17, 15) is 49.1 Å². The predicted molar refractivity (Wildman–Crippen MR) is 225 cm³/mol. The van der Waals surface area contributed by atoms with Gasteiger partial charge in [0.05, 0.1) is 42.2 Å². The van der Waals surface area contributed by atoms with Gasteiger partial charge in [-0.15, -0.1) is 20.5 Å². The summed E-state index contributed by atoms with van der Waals surface area (Å²) in [6.07, 6.45) is 0. The normalized spacial score (nSPS) is 12.1. The number of fused-ring (bicyclic) bond motifs is 2. The molecule has 0 aromatic heterocycles. The molecule has 7 rings (SSSR count). The van der Waals surface area contributed by atoms with Crippen molar-refractivity contribution in [2.45, 2.75) is 14.7 Å². The molecule has 27 heteroatoms. The van der Waals surface area contributed by atoms with Gasteiger partial charge in [-0.2, -0.15) is 10.2 Å². The van der Waals surface area contributed by atoms with Crippen LogP contribution >= 0.6 is 23.2 Å². The van der Waals surface area contributed by atoms with Crippen molar-refractivity contribution in [2.75, 3.05) is 11.5 Å². The Labute approximate surface area is 445 Å². The fourth-order valence-corrected chi connectivity index (χ4v) is 8.33. The smallest absolute Gasteiger partial charge is 0.744 e. The molecule has 0 heterocycles. The molecule has 0 saturated carbocycles. The second-order valence-electron chi connectivity index (χ2n) is 13.0. The zero-order valence-corrected chi connectivity index (χ0v) is 43.7. The van der Waals surface area contributed by atoms with E-state index in [2.05, 4.69) is 30.7 Å². The largest absolute Gasteiger partial charge is 1.00 e. The molecular weight excluding hydrogens is 981 g/mol. The van der Waals surface area contributed by atoms with Crippen molar-refractivity contribution >= 4 is 121 Å². The summed E-state index contributed by atoms with van der Waals surface area (Å²) in [6.45, 7) is 0. The van der Waals surface area contributed by atoms with Crippen LogP contribution in [0.15, 0.2) is 149 Å². The molecule has 65 heavy (non-hydrogen) atoms. The Morgan fingerprint density at radius 1 is 0.492 bits per heavy atom. The van der Waals surface area contributed by atoms with Crippen molar-refractivity contribution < 1.29 is 138 Å². The van der Waals surface area contributed by atoms with E-state index in [1.165, 1.54) is 60.7 Å². The Morgan fingerprint density at radius 2 is 0.938 bits per heavy atom. The first-order chi connectivity index (χ1) is 29.1. The molecule has 0 aliphatic rings. The van der Waals surface area contributed by atoms with Gasteiger partial charge in [-0.05, 0) is 94.7 Å². The summed E-state index contributed by atoms with van der Waals surface area (Å²) in [4.78, 5) is -2.97. The van der Waals surface area contributed by atoms with Crippen molar-refractivity contribution in [1.82, 2.24) is 0 Å². The van der Waals surface area contributed by atoms with Crippen molar-refractivity contribution in [1.29, 1.82) is 0 Å². The van der Waals surface area contributed by atoms with Gasteiger partial charge >= 0.3 is 88.7 Å². The number of benzene rings is 7. The number of phenolic OH excluding ortho intramolecular Hbond substituents is 2. The summed E-state index contributed by atoms with van der Waals surface area (Å²) in [5.74, 6) is -1.63. The first-order valence-corrected chi connectivity index (χ1v) is 22.0. The number of nitrogens with zero attached hydrogens (tertiary/aromatic N) is 6. The predicted octanol–water partition coefficient (Wildman–Crippen LogP) is 0.513. The molecule has 19 nitrogen and oxygen atoms in total. The van der Waals surface area contributed by atoms with E-state index < -0.39 is 90.1 Å². The standard InChI is InChI=1S/C38H26Cl2N8O11S3.3Na/c39-22-6-12-27(40)28(16-22)45-46-34-29(60(51,52)53)14-21-15-31(62(57,58)59)36(38(50)32(21)33(34)42)48-44-25-10-4-19(5-11-25)18-2-8-24(9-3-18)43-47-35-30(61(54,55)56)13-20-1-7-23(41)17-26(20)37(35)49;;;/h1-17,49-50H,41-42H2,(H,51,52,53)(H,54,55,56)(H,57,58,59);;;/q;3*+1/p-3. The molecule has 0 fully saturated rings. The van der Waals surface area contributed by atoms with E-state index in [0.29, 0.717) is 23.3 Å². The summed E-state index contributed by atoms with van der Waals surface area (Å²) >= 11 is 12.1. The van der Waals surface area contributed by atoms with Crippen LogP contribution in [0.3, 0.4) is 0 Å². The Kier molecular flexibility index (Phi) is 17.5. The average molecular weight is 1000 g/mol. The number of hydrogen-bond acceptors (Lipinski definition) is 19. The minimum atomic E-state index is -5.44. The molecule has 7 aromatic carbocycles. The maximum atomic E-state index is 12.4. The van der Waals surface area contributed by atoms with Gasteiger partial charge in [-0.3, -0.25) is 0 Å². The van der Waals surface area contributed by atoms with Crippen LogP contribution in [0, 0.1) is 0 Å². The van der Waals surface area contributed by atoms with Crippen molar-refractivity contribution in [3.8, 4) is 22.6 Å². The summed E-state index contributed by atoms with van der Waals surface area (Å²) in [5.41, 5.74) is 11.0. The van der Waals surface area contributed by atoms with Gasteiger partial charge in [0.1, 0.15) is 53.1 Å². The Balaban J connectivity index is 0.00000308. The molecule has 0 aliphatic carbocycles. The fourth-order valence-electron chi connectivity index (χ4n) is 6.06. The molecule has 316 valence electrons. The SMILES string of the molecule is Nc1ccc2cc(S(=O)(=O)[O-])c(N=Nc3ccc(-c4ccc(N=Nc5c(S(=O)(=O)[O-])cc6cc(S(=O)(=O)[O-])c(N=Nc7cc(Cl)ccc7Cl)c(N)c6c5O)cc4)cc3)c(O)c2c1.[Na+].[Na+].[Na+]. The number of phenols is 2. The van der Waals surface area contributed by atoms with Crippen LogP contribution in [-0.4, -0.2) is 49.1 Å². The van der Waals surface area contributed by atoms with Gasteiger partial charge < -0.3 is 35.3 Å². The third-order valence-corrected chi connectivity index (χ3v) is 12.1. The van der Waals surface area contributed by atoms with Crippen LogP contribution in [0.25, 0.3) is 32.7 Å². The second kappa shape index (κ2) is 21.1. The zero-order chi connectivity index (χ0) is 44.9. The maximum absolute atomic E-state index is 12.4. The van der Waals surface area contributed by atoms with Crippen molar-refractivity contribution in [3.63, 3.8) is 0 Å². The van der Waals surface area contributed by atoms with Crippen molar-refractivity contribution in [2.24, 2.45) is 30.7 Å². The molecular formula is C38H23Cl2N8Na3O11S3. The number of anilines is 2. The molecule has 0 spiro atoms. The summed E-state index contributed by atoms with van der Waals surface area (Å²) in [7, 11) is -15.9. The molecule has 6 N–H and O–H groups in total. The van der Waals surface area contributed by atoms with Crippen LogP contribution in [0.1, 0.15) is 0 Å². The second-order valence-corrected chi connectivity index (χ2v) is 17.9. The van der Waals surface area contributed by atoms with Gasteiger partial charge in [-0.1, -0.05) is 53.5 Å². The van der Waals surface area contributed by atoms with E-state index in [1.54, 1.807) is 24.3 Å². The molecule has 7 aromatic rings. The summed E-state index contributed by atoms with van der Waals surface area (Å²) in [5, 5.41) is 45.2. The quantitative estimate of drug-likeness (QED) is 0.0629. The minimum absolute atomic E-state index is 0. The Hall–Kier alpha value is -3.63. The molecule has 0 unspecified atom stereocenters. The van der Waals surface area contributed by atoms with Crippen molar-refractivity contribution in [3.05, 3.63) is 113 Å². The Morgan fingerprint density at radius 3 is 1.43 bits per heavy atom. The number of nitrogen functional groups attached to an aromatic ring is 2. The van der Waals surface area contributed by atoms with E-state index >= 15 is 0 Å². The number of hydrogen-bond donors (Lipinski definition) is 4. The molecule has 0 aliphatic heterocycles. The van der Waals surface area contributed by atoms with E-state index in [-0.39, 0.29) is 132 Å². The third-order valence-electron chi connectivity index (χ3n) is 8.96. The Bertz CT molecular complexity index is 3460. The topological polar surface area (TPSA) is 338 Å². The average Bonchev–Trinajstić information content (AvgIpc) is 3.20. The minimum Gasteiger partial charge on any atom is -0.744 e. The monoisotopic (exact) mass is 1000 g/mol. The maximum Gasteiger partial charge on any atom is 1.00 e. The fraction of sp³-hybridized carbons (Fsp3) is 0.